The van der Waals surface area contributed by atoms with E-state index in [-0.39, 0.29) is 17.4 Å². The Morgan fingerprint density at radius 3 is 2.68 bits per heavy atom. The topological polar surface area (TPSA) is 63.4 Å². The van der Waals surface area contributed by atoms with Crippen molar-refractivity contribution in [1.82, 2.24) is 4.90 Å². The highest BCUT2D eigenvalue weighted by Gasteiger charge is 2.36. The first-order valence-corrected chi connectivity index (χ1v) is 6.40. The van der Waals surface area contributed by atoms with Gasteiger partial charge in [-0.3, -0.25) is 14.9 Å². The van der Waals surface area contributed by atoms with Crippen LogP contribution in [0, 0.1) is 16.0 Å². The zero-order valence-corrected chi connectivity index (χ0v) is 10.4. The molecule has 0 atom stereocenters. The third kappa shape index (κ3) is 2.12. The molecule has 0 amide bonds. The lowest BCUT2D eigenvalue weighted by Crippen LogP contribution is -2.45. The highest BCUT2D eigenvalue weighted by molar-refractivity contribution is 6.01. The van der Waals surface area contributed by atoms with Crippen molar-refractivity contribution in [3.05, 3.63) is 45.6 Å². The lowest BCUT2D eigenvalue weighted by Gasteiger charge is -2.41. The van der Waals surface area contributed by atoms with E-state index in [9.17, 15) is 14.9 Å². The van der Waals surface area contributed by atoms with Gasteiger partial charge in [-0.1, -0.05) is 12.1 Å². The Morgan fingerprint density at radius 1 is 1.32 bits per heavy atom. The molecule has 1 aromatic rings. The Balaban J connectivity index is 1.95. The van der Waals surface area contributed by atoms with Crippen molar-refractivity contribution in [2.24, 2.45) is 5.92 Å². The largest absolute Gasteiger partial charge is 0.369 e. The second-order valence-electron chi connectivity index (χ2n) is 5.01. The van der Waals surface area contributed by atoms with E-state index in [0.29, 0.717) is 11.3 Å². The molecule has 0 aliphatic carbocycles. The number of nitro groups is 1. The highest BCUT2D eigenvalue weighted by Crippen LogP contribution is 2.32. The van der Waals surface area contributed by atoms with Gasteiger partial charge in [-0.05, 0) is 24.5 Å². The fourth-order valence-electron chi connectivity index (χ4n) is 2.80. The highest BCUT2D eigenvalue weighted by atomic mass is 16.6. The van der Waals surface area contributed by atoms with E-state index in [2.05, 4.69) is 4.90 Å². The number of nitro benzene ring substituents is 1. The minimum Gasteiger partial charge on any atom is -0.369 e. The first kappa shape index (κ1) is 11.9. The molecule has 3 aliphatic heterocycles. The van der Waals surface area contributed by atoms with E-state index >= 15 is 0 Å². The summed E-state index contributed by atoms with van der Waals surface area (Å²) in [7, 11) is 0. The number of rotatable bonds is 2. The molecule has 0 saturated carbocycles. The van der Waals surface area contributed by atoms with E-state index < -0.39 is 4.92 Å². The van der Waals surface area contributed by atoms with Crippen LogP contribution in [0.4, 0.5) is 5.69 Å². The summed E-state index contributed by atoms with van der Waals surface area (Å²) < 4.78 is 0. The number of piperidine rings is 3. The zero-order valence-electron chi connectivity index (χ0n) is 10.4. The predicted octanol–water partition coefficient (Wildman–Crippen LogP) is 2.23. The lowest BCUT2D eigenvalue weighted by molar-refractivity contribution is -0.384. The summed E-state index contributed by atoms with van der Waals surface area (Å²) in [6, 6.07) is 6.39. The van der Waals surface area contributed by atoms with Gasteiger partial charge in [0.2, 0.25) is 0 Å². The number of allylic oxidation sites excluding steroid dienone is 1. The molecular formula is C14H14N2O3. The number of nitrogens with zero attached hydrogens (tertiary/aromatic N) is 2. The van der Waals surface area contributed by atoms with Crippen LogP contribution in [0.3, 0.4) is 0 Å². The Hall–Kier alpha value is -2.17. The fraction of sp³-hybridized carbons (Fsp3) is 0.357. The SMILES string of the molecule is O=C1/C(=C/c2cccc([N+](=O)[O-])c2)N2CCC1CC2. The minimum atomic E-state index is -0.420. The molecule has 2 bridgehead atoms. The van der Waals surface area contributed by atoms with Gasteiger partial charge in [0.05, 0.1) is 10.6 Å². The van der Waals surface area contributed by atoms with Crippen molar-refractivity contribution in [3.63, 3.8) is 0 Å². The Kier molecular flexibility index (Phi) is 2.81. The van der Waals surface area contributed by atoms with Crippen molar-refractivity contribution in [2.45, 2.75) is 12.8 Å². The maximum atomic E-state index is 12.2. The predicted molar refractivity (Wildman–Crippen MR) is 70.4 cm³/mol. The average molecular weight is 258 g/mol. The molecule has 0 N–H and O–H groups in total. The molecule has 3 saturated heterocycles. The van der Waals surface area contributed by atoms with Crippen LogP contribution >= 0.6 is 0 Å². The number of non-ortho nitro benzene ring substituents is 1. The van der Waals surface area contributed by atoms with Gasteiger partial charge in [-0.15, -0.1) is 0 Å². The van der Waals surface area contributed by atoms with Crippen LogP contribution in [0.25, 0.3) is 6.08 Å². The monoisotopic (exact) mass is 258 g/mol. The van der Waals surface area contributed by atoms with E-state index in [1.165, 1.54) is 12.1 Å². The molecule has 19 heavy (non-hydrogen) atoms. The lowest BCUT2D eigenvalue weighted by atomic mass is 9.84. The first-order valence-electron chi connectivity index (χ1n) is 6.40. The Bertz CT molecular complexity index is 572. The third-order valence-electron chi connectivity index (χ3n) is 3.84. The van der Waals surface area contributed by atoms with Gasteiger partial charge in [-0.25, -0.2) is 0 Å². The molecule has 0 unspecified atom stereocenters. The molecule has 3 heterocycles. The van der Waals surface area contributed by atoms with E-state index in [4.69, 9.17) is 0 Å². The molecule has 0 aromatic heterocycles. The first-order chi connectivity index (χ1) is 9.15. The molecule has 3 aliphatic rings. The summed E-state index contributed by atoms with van der Waals surface area (Å²) in [5.41, 5.74) is 1.48. The second kappa shape index (κ2) is 4.50. The van der Waals surface area contributed by atoms with Crippen molar-refractivity contribution >= 4 is 17.5 Å². The van der Waals surface area contributed by atoms with E-state index in [1.54, 1.807) is 18.2 Å². The molecule has 5 nitrogen and oxygen atoms in total. The molecule has 98 valence electrons. The maximum absolute atomic E-state index is 12.2. The second-order valence-corrected chi connectivity index (χ2v) is 5.01. The molecule has 0 spiro atoms. The number of benzene rings is 1. The molecule has 0 radical (unpaired) electrons. The molecule has 4 rings (SSSR count). The standard InChI is InChI=1S/C14H14N2O3/c17-14-11-4-6-15(7-5-11)13(14)9-10-2-1-3-12(8-10)16(18)19/h1-3,8-9,11H,4-7H2/b13-9-. The van der Waals surface area contributed by atoms with Gasteiger partial charge in [0, 0.05) is 31.1 Å². The molecule has 3 fully saturated rings. The van der Waals surface area contributed by atoms with Crippen molar-refractivity contribution in [1.29, 1.82) is 0 Å². The van der Waals surface area contributed by atoms with Crippen LogP contribution in [0.5, 0.6) is 0 Å². The number of carbonyl (C=O) groups is 1. The quantitative estimate of drug-likeness (QED) is 0.463. The summed E-state index contributed by atoms with van der Waals surface area (Å²) in [4.78, 5) is 24.6. The number of fused-ring (bicyclic) bond motifs is 3. The number of hydrogen-bond donors (Lipinski definition) is 0. The van der Waals surface area contributed by atoms with Gasteiger partial charge < -0.3 is 4.90 Å². The molecule has 1 aromatic carbocycles. The van der Waals surface area contributed by atoms with Gasteiger partial charge in [0.25, 0.3) is 5.69 Å². The van der Waals surface area contributed by atoms with Crippen LogP contribution in [0.2, 0.25) is 0 Å². The van der Waals surface area contributed by atoms with E-state index in [0.717, 1.165) is 25.9 Å². The Morgan fingerprint density at radius 2 is 2.05 bits per heavy atom. The number of hydrogen-bond acceptors (Lipinski definition) is 4. The normalized spacial score (nSPS) is 21.2. The average Bonchev–Trinajstić information content (AvgIpc) is 2.43. The summed E-state index contributed by atoms with van der Waals surface area (Å²) >= 11 is 0. The van der Waals surface area contributed by atoms with Crippen molar-refractivity contribution in [2.75, 3.05) is 13.1 Å². The summed E-state index contributed by atoms with van der Waals surface area (Å²) in [6.45, 7) is 1.83. The van der Waals surface area contributed by atoms with Crippen LogP contribution in [0.1, 0.15) is 18.4 Å². The van der Waals surface area contributed by atoms with Gasteiger partial charge in [-0.2, -0.15) is 0 Å². The van der Waals surface area contributed by atoms with Gasteiger partial charge >= 0.3 is 0 Å². The fourth-order valence-corrected chi connectivity index (χ4v) is 2.80. The van der Waals surface area contributed by atoms with E-state index in [1.807, 2.05) is 0 Å². The maximum Gasteiger partial charge on any atom is 0.270 e. The van der Waals surface area contributed by atoms with Crippen LogP contribution in [-0.2, 0) is 4.79 Å². The number of ketones is 1. The van der Waals surface area contributed by atoms with Crippen molar-refractivity contribution < 1.29 is 9.72 Å². The Labute approximate surface area is 110 Å². The zero-order chi connectivity index (χ0) is 13.4. The third-order valence-corrected chi connectivity index (χ3v) is 3.84. The summed E-state index contributed by atoms with van der Waals surface area (Å²) in [5.74, 6) is 0.332. The summed E-state index contributed by atoms with van der Waals surface area (Å²) in [6.07, 6.45) is 3.65. The number of carbonyl (C=O) groups excluding carboxylic acids is 1. The van der Waals surface area contributed by atoms with Crippen LogP contribution in [-0.4, -0.2) is 28.7 Å². The van der Waals surface area contributed by atoms with Crippen LogP contribution in [0.15, 0.2) is 30.0 Å². The number of Topliss-reactive ketones (excluding diaryl/α,β-unsaturated/α-hetero) is 1. The van der Waals surface area contributed by atoms with Crippen LogP contribution < -0.4 is 0 Å². The van der Waals surface area contributed by atoms with Gasteiger partial charge in [0.15, 0.2) is 5.78 Å². The summed E-state index contributed by atoms with van der Waals surface area (Å²) in [5, 5.41) is 10.7. The smallest absolute Gasteiger partial charge is 0.270 e. The molecular weight excluding hydrogens is 244 g/mol. The van der Waals surface area contributed by atoms with Gasteiger partial charge in [0.1, 0.15) is 0 Å². The van der Waals surface area contributed by atoms with Crippen molar-refractivity contribution in [3.8, 4) is 0 Å². The molecule has 5 heteroatoms. The minimum absolute atomic E-state index is 0.0535.